The Balaban J connectivity index is 2.16. The van der Waals surface area contributed by atoms with Gasteiger partial charge in [-0.15, -0.1) is 0 Å². The number of hydrogen-bond donors (Lipinski definition) is 1. The van der Waals surface area contributed by atoms with Crippen molar-refractivity contribution in [3.05, 3.63) is 108 Å². The lowest BCUT2D eigenvalue weighted by Crippen LogP contribution is -2.37. The predicted octanol–water partition coefficient (Wildman–Crippen LogP) is 5.65. The second kappa shape index (κ2) is 9.18. The van der Waals surface area contributed by atoms with Gasteiger partial charge in [0.15, 0.2) is 0 Å². The van der Waals surface area contributed by atoms with E-state index in [1.54, 1.807) is 0 Å². The summed E-state index contributed by atoms with van der Waals surface area (Å²) in [5.41, 5.74) is 2.52. The molecule has 0 aliphatic heterocycles. The van der Waals surface area contributed by atoms with E-state index in [1.165, 1.54) is 0 Å². The summed E-state index contributed by atoms with van der Waals surface area (Å²) in [4.78, 5) is 0. The van der Waals surface area contributed by atoms with Crippen molar-refractivity contribution in [2.75, 3.05) is 6.61 Å². The fourth-order valence-corrected chi connectivity index (χ4v) is 3.88. The molecule has 1 N–H and O–H groups in total. The number of benzene rings is 3. The molecule has 0 bridgehead atoms. The van der Waals surface area contributed by atoms with E-state index in [9.17, 15) is 5.11 Å². The highest BCUT2D eigenvalue weighted by Crippen LogP contribution is 2.41. The third kappa shape index (κ3) is 4.19. The summed E-state index contributed by atoms with van der Waals surface area (Å²) >= 11 is 0. The summed E-state index contributed by atoms with van der Waals surface area (Å²) in [5.74, 6) is 0.371. The van der Waals surface area contributed by atoms with Crippen LogP contribution in [0.3, 0.4) is 0 Å². The summed E-state index contributed by atoms with van der Waals surface area (Å²) in [7, 11) is 0. The van der Waals surface area contributed by atoms with Crippen LogP contribution in [0.25, 0.3) is 0 Å². The highest BCUT2D eigenvalue weighted by Gasteiger charge is 2.38. The molecule has 2 atom stereocenters. The van der Waals surface area contributed by atoms with Crippen molar-refractivity contribution >= 4 is 0 Å². The molecule has 0 spiro atoms. The highest BCUT2D eigenvalue weighted by molar-refractivity contribution is 5.47. The Morgan fingerprint density at radius 3 is 1.32 bits per heavy atom. The highest BCUT2D eigenvalue weighted by atomic mass is 16.5. The molecule has 0 aromatic heterocycles. The summed E-state index contributed by atoms with van der Waals surface area (Å²) in [6.45, 7) is 6.59. The molecule has 0 saturated carbocycles. The Morgan fingerprint density at radius 1 is 0.679 bits per heavy atom. The smallest absolute Gasteiger partial charge is 0.143 e. The lowest BCUT2D eigenvalue weighted by molar-refractivity contribution is -0.0462. The number of aliphatic hydroxyl groups is 1. The summed E-state index contributed by atoms with van der Waals surface area (Å²) < 4.78 is 6.81. The Hall–Kier alpha value is -2.42. The van der Waals surface area contributed by atoms with E-state index in [1.807, 2.05) is 61.5 Å². The minimum atomic E-state index is -0.730. The summed E-state index contributed by atoms with van der Waals surface area (Å²) in [6.07, 6.45) is -0.431. The van der Waals surface area contributed by atoms with Gasteiger partial charge in [0, 0.05) is 5.92 Å². The van der Waals surface area contributed by atoms with Gasteiger partial charge in [-0.25, -0.2) is 0 Å². The second-order valence-corrected chi connectivity index (χ2v) is 7.74. The van der Waals surface area contributed by atoms with Crippen LogP contribution in [0.4, 0.5) is 0 Å². The average Bonchev–Trinajstić information content (AvgIpc) is 2.73. The van der Waals surface area contributed by atoms with Crippen LogP contribution in [-0.4, -0.2) is 17.8 Å². The SMILES string of the molecule is CC(C)[C@H](COC(c1ccccc1)(c1ccccc1)c1ccccc1)[C@H](C)O. The van der Waals surface area contributed by atoms with Gasteiger partial charge in [-0.1, -0.05) is 105 Å². The Kier molecular flexibility index (Phi) is 6.66. The first kappa shape index (κ1) is 20.3. The first-order chi connectivity index (χ1) is 13.6. The fraction of sp³-hybridized carbons (Fsp3) is 0.308. The zero-order chi connectivity index (χ0) is 20.0. The fourth-order valence-electron chi connectivity index (χ4n) is 3.88. The molecule has 3 aromatic rings. The molecule has 2 nitrogen and oxygen atoms in total. The van der Waals surface area contributed by atoms with Crippen LogP contribution in [-0.2, 0) is 10.3 Å². The van der Waals surface area contributed by atoms with Crippen LogP contribution in [0, 0.1) is 11.8 Å². The number of hydrogen-bond acceptors (Lipinski definition) is 2. The molecule has 0 amide bonds. The zero-order valence-corrected chi connectivity index (χ0v) is 17.0. The maximum absolute atomic E-state index is 10.3. The summed E-state index contributed by atoms with van der Waals surface area (Å²) in [5, 5.41) is 10.3. The van der Waals surface area contributed by atoms with Gasteiger partial charge >= 0.3 is 0 Å². The molecule has 146 valence electrons. The Labute approximate surface area is 168 Å². The van der Waals surface area contributed by atoms with Crippen molar-refractivity contribution in [2.24, 2.45) is 11.8 Å². The topological polar surface area (TPSA) is 29.5 Å². The van der Waals surface area contributed by atoms with Crippen molar-refractivity contribution in [1.29, 1.82) is 0 Å². The normalized spacial score (nSPS) is 14.0. The van der Waals surface area contributed by atoms with Crippen molar-refractivity contribution in [1.82, 2.24) is 0 Å². The largest absolute Gasteiger partial charge is 0.393 e. The van der Waals surface area contributed by atoms with Gasteiger partial charge in [0.05, 0.1) is 12.7 Å². The van der Waals surface area contributed by atoms with E-state index < -0.39 is 11.7 Å². The van der Waals surface area contributed by atoms with Gasteiger partial charge in [0.25, 0.3) is 0 Å². The van der Waals surface area contributed by atoms with Crippen molar-refractivity contribution in [3.63, 3.8) is 0 Å². The number of aliphatic hydroxyl groups excluding tert-OH is 1. The van der Waals surface area contributed by atoms with Crippen LogP contribution >= 0.6 is 0 Å². The molecule has 2 heteroatoms. The standard InChI is InChI=1S/C26H30O2/c1-20(2)25(21(3)27)19-28-26(22-13-7-4-8-14-22,23-15-9-5-10-16-23)24-17-11-6-12-18-24/h4-18,20-21,25,27H,19H2,1-3H3/t21-,25-/m0/s1. The number of ether oxygens (including phenoxy) is 1. The molecule has 0 aliphatic rings. The van der Waals surface area contributed by atoms with Crippen molar-refractivity contribution in [3.8, 4) is 0 Å². The molecule has 28 heavy (non-hydrogen) atoms. The average molecular weight is 375 g/mol. The lowest BCUT2D eigenvalue weighted by atomic mass is 9.79. The van der Waals surface area contributed by atoms with E-state index in [4.69, 9.17) is 4.74 Å². The molecular formula is C26H30O2. The van der Waals surface area contributed by atoms with Gasteiger partial charge in [0.2, 0.25) is 0 Å². The molecular weight excluding hydrogens is 344 g/mol. The third-order valence-corrected chi connectivity index (χ3v) is 5.51. The van der Waals surface area contributed by atoms with E-state index in [0.717, 1.165) is 16.7 Å². The van der Waals surface area contributed by atoms with E-state index >= 15 is 0 Å². The minimum absolute atomic E-state index is 0.0514. The van der Waals surface area contributed by atoms with Gasteiger partial charge < -0.3 is 9.84 Å². The van der Waals surface area contributed by atoms with Crippen LogP contribution in [0.2, 0.25) is 0 Å². The van der Waals surface area contributed by atoms with Crippen LogP contribution in [0.15, 0.2) is 91.0 Å². The Bertz CT molecular complexity index is 721. The van der Waals surface area contributed by atoms with E-state index in [0.29, 0.717) is 12.5 Å². The summed E-state index contributed by atoms with van der Waals surface area (Å²) in [6, 6.07) is 31.1. The third-order valence-electron chi connectivity index (χ3n) is 5.51. The molecule has 0 unspecified atom stereocenters. The van der Waals surface area contributed by atoms with Crippen LogP contribution in [0.5, 0.6) is 0 Å². The molecule has 0 aliphatic carbocycles. The maximum atomic E-state index is 10.3. The van der Waals surface area contributed by atoms with Crippen molar-refractivity contribution in [2.45, 2.75) is 32.5 Å². The Morgan fingerprint density at radius 2 is 1.04 bits per heavy atom. The minimum Gasteiger partial charge on any atom is -0.393 e. The van der Waals surface area contributed by atoms with Gasteiger partial charge in [0.1, 0.15) is 5.60 Å². The second-order valence-electron chi connectivity index (χ2n) is 7.74. The van der Waals surface area contributed by atoms with Gasteiger partial charge in [-0.2, -0.15) is 0 Å². The molecule has 0 fully saturated rings. The van der Waals surface area contributed by atoms with Crippen molar-refractivity contribution < 1.29 is 9.84 Å². The predicted molar refractivity (Wildman–Crippen MR) is 115 cm³/mol. The van der Waals surface area contributed by atoms with Gasteiger partial charge in [-0.05, 0) is 29.5 Å². The molecule has 3 rings (SSSR count). The first-order valence-electron chi connectivity index (χ1n) is 10.0. The molecule has 3 aromatic carbocycles. The number of rotatable bonds is 8. The molecule has 0 saturated heterocycles. The lowest BCUT2D eigenvalue weighted by Gasteiger charge is -2.38. The first-order valence-corrected chi connectivity index (χ1v) is 10.0. The molecule has 0 radical (unpaired) electrons. The van der Waals surface area contributed by atoms with E-state index in [2.05, 4.69) is 50.2 Å². The van der Waals surface area contributed by atoms with Gasteiger partial charge in [-0.3, -0.25) is 0 Å². The molecule has 0 heterocycles. The van der Waals surface area contributed by atoms with E-state index in [-0.39, 0.29) is 5.92 Å². The van der Waals surface area contributed by atoms with Crippen LogP contribution < -0.4 is 0 Å². The maximum Gasteiger partial charge on any atom is 0.143 e. The quantitative estimate of drug-likeness (QED) is 0.516. The monoisotopic (exact) mass is 374 g/mol. The van der Waals surface area contributed by atoms with Crippen LogP contribution in [0.1, 0.15) is 37.5 Å². The zero-order valence-electron chi connectivity index (χ0n) is 17.0.